The lowest BCUT2D eigenvalue weighted by atomic mass is 10.1. The summed E-state index contributed by atoms with van der Waals surface area (Å²) in [5, 5.41) is 9.96. The van der Waals surface area contributed by atoms with Crippen LogP contribution in [0.1, 0.15) is 5.56 Å². The van der Waals surface area contributed by atoms with Crippen molar-refractivity contribution in [1.29, 1.82) is 0 Å². The molecule has 0 fully saturated rings. The summed E-state index contributed by atoms with van der Waals surface area (Å²) in [5.74, 6) is 0.247. The first-order valence-electron chi connectivity index (χ1n) is 5.63. The first kappa shape index (κ1) is 12.7. The Morgan fingerprint density at radius 3 is 2.44 bits per heavy atom. The number of halogens is 1. The minimum atomic E-state index is 0.247. The van der Waals surface area contributed by atoms with Crippen LogP contribution in [-0.2, 0) is 6.54 Å². The van der Waals surface area contributed by atoms with Crippen LogP contribution in [0.2, 0.25) is 5.02 Å². The zero-order valence-electron chi connectivity index (χ0n) is 10.1. The Hall–Kier alpha value is -1.71. The topological polar surface area (TPSA) is 49.5 Å². The van der Waals surface area contributed by atoms with Crippen molar-refractivity contribution in [2.24, 2.45) is 5.73 Å². The van der Waals surface area contributed by atoms with Crippen molar-refractivity contribution in [3.63, 3.8) is 0 Å². The molecule has 3 N–H and O–H groups in total. The molecule has 3 nitrogen and oxygen atoms in total. The predicted octanol–water partition coefficient (Wildman–Crippen LogP) is 3.27. The van der Waals surface area contributed by atoms with Crippen molar-refractivity contribution < 1.29 is 5.11 Å². The number of hydrogen-bond acceptors (Lipinski definition) is 3. The van der Waals surface area contributed by atoms with E-state index < -0.39 is 0 Å². The van der Waals surface area contributed by atoms with Gasteiger partial charge >= 0.3 is 0 Å². The molecular formula is C14H15ClN2O. The van der Waals surface area contributed by atoms with E-state index in [0.717, 1.165) is 16.9 Å². The molecule has 18 heavy (non-hydrogen) atoms. The molecule has 0 aromatic heterocycles. The van der Waals surface area contributed by atoms with Crippen LogP contribution >= 0.6 is 11.6 Å². The summed E-state index contributed by atoms with van der Waals surface area (Å²) in [7, 11) is 1.94. The Kier molecular flexibility index (Phi) is 3.75. The first-order valence-corrected chi connectivity index (χ1v) is 6.01. The summed E-state index contributed by atoms with van der Waals surface area (Å²) in [6, 6.07) is 12.7. The van der Waals surface area contributed by atoms with Crippen molar-refractivity contribution in [2.45, 2.75) is 6.54 Å². The third-order valence-electron chi connectivity index (χ3n) is 2.90. The molecule has 0 atom stereocenters. The summed E-state index contributed by atoms with van der Waals surface area (Å²) >= 11 is 6.14. The van der Waals surface area contributed by atoms with E-state index in [1.165, 1.54) is 0 Å². The lowest BCUT2D eigenvalue weighted by Crippen LogP contribution is -2.13. The van der Waals surface area contributed by atoms with Crippen LogP contribution in [-0.4, -0.2) is 12.2 Å². The summed E-state index contributed by atoms with van der Waals surface area (Å²) < 4.78 is 0. The van der Waals surface area contributed by atoms with E-state index in [-0.39, 0.29) is 5.75 Å². The van der Waals surface area contributed by atoms with Gasteiger partial charge in [-0.15, -0.1) is 0 Å². The highest BCUT2D eigenvalue weighted by Gasteiger charge is 2.10. The zero-order chi connectivity index (χ0) is 13.1. The number of hydrogen-bond donors (Lipinski definition) is 2. The third-order valence-corrected chi connectivity index (χ3v) is 3.25. The summed E-state index contributed by atoms with van der Waals surface area (Å²) in [5.41, 5.74) is 8.58. The largest absolute Gasteiger partial charge is 0.508 e. The van der Waals surface area contributed by atoms with Crippen molar-refractivity contribution >= 4 is 23.0 Å². The van der Waals surface area contributed by atoms with Crippen molar-refractivity contribution in [3.05, 3.63) is 53.1 Å². The quantitative estimate of drug-likeness (QED) is 0.893. The number of benzene rings is 2. The van der Waals surface area contributed by atoms with Gasteiger partial charge in [0.1, 0.15) is 5.75 Å². The minimum Gasteiger partial charge on any atom is -0.508 e. The normalized spacial score (nSPS) is 10.4. The molecule has 4 heteroatoms. The molecule has 0 aliphatic rings. The van der Waals surface area contributed by atoms with Crippen LogP contribution in [0.3, 0.4) is 0 Å². The van der Waals surface area contributed by atoms with Gasteiger partial charge in [-0.2, -0.15) is 0 Å². The zero-order valence-corrected chi connectivity index (χ0v) is 10.9. The molecule has 0 spiro atoms. The van der Waals surface area contributed by atoms with Crippen molar-refractivity contribution in [1.82, 2.24) is 0 Å². The molecule has 0 saturated heterocycles. The van der Waals surface area contributed by atoms with Gasteiger partial charge < -0.3 is 15.7 Å². The third kappa shape index (κ3) is 2.42. The van der Waals surface area contributed by atoms with E-state index in [1.807, 2.05) is 42.3 Å². The molecule has 2 aromatic carbocycles. The molecule has 0 amide bonds. The Morgan fingerprint density at radius 1 is 1.17 bits per heavy atom. The molecule has 0 aliphatic carbocycles. The van der Waals surface area contributed by atoms with Gasteiger partial charge in [0.15, 0.2) is 0 Å². The Morgan fingerprint density at radius 2 is 1.83 bits per heavy atom. The number of phenolic OH excluding ortho intramolecular Hbond substituents is 1. The summed E-state index contributed by atoms with van der Waals surface area (Å²) in [6.07, 6.45) is 0. The van der Waals surface area contributed by atoms with Crippen molar-refractivity contribution in [3.8, 4) is 5.75 Å². The number of aromatic hydroxyl groups is 1. The second-order valence-electron chi connectivity index (χ2n) is 4.02. The molecule has 0 heterocycles. The second-order valence-corrected chi connectivity index (χ2v) is 4.42. The van der Waals surface area contributed by atoms with E-state index in [2.05, 4.69) is 0 Å². The average molecular weight is 263 g/mol. The van der Waals surface area contributed by atoms with Gasteiger partial charge in [0, 0.05) is 35.6 Å². The van der Waals surface area contributed by atoms with Crippen LogP contribution in [0.4, 0.5) is 11.4 Å². The molecule has 94 valence electrons. The van der Waals surface area contributed by atoms with E-state index in [0.29, 0.717) is 11.6 Å². The molecule has 0 unspecified atom stereocenters. The SMILES string of the molecule is CN(c1ccc(O)cc1)c1cccc(Cl)c1CN. The molecule has 2 rings (SSSR count). The van der Waals surface area contributed by atoms with Crippen molar-refractivity contribution in [2.75, 3.05) is 11.9 Å². The maximum atomic E-state index is 9.29. The highest BCUT2D eigenvalue weighted by atomic mass is 35.5. The van der Waals surface area contributed by atoms with E-state index >= 15 is 0 Å². The summed E-state index contributed by atoms with van der Waals surface area (Å²) in [6.45, 7) is 0.386. The number of rotatable bonds is 3. The van der Waals surface area contributed by atoms with Gasteiger partial charge in [-0.1, -0.05) is 17.7 Å². The van der Waals surface area contributed by atoms with Gasteiger partial charge in [0.2, 0.25) is 0 Å². The number of nitrogens with two attached hydrogens (primary N) is 1. The van der Waals surface area contributed by atoms with Crippen LogP contribution < -0.4 is 10.6 Å². The van der Waals surface area contributed by atoms with Crippen LogP contribution in [0.25, 0.3) is 0 Å². The molecular weight excluding hydrogens is 248 g/mol. The fourth-order valence-electron chi connectivity index (χ4n) is 1.88. The molecule has 2 aromatic rings. The van der Waals surface area contributed by atoms with Crippen LogP contribution in [0.15, 0.2) is 42.5 Å². The van der Waals surface area contributed by atoms with E-state index in [1.54, 1.807) is 12.1 Å². The van der Waals surface area contributed by atoms with E-state index in [9.17, 15) is 5.11 Å². The smallest absolute Gasteiger partial charge is 0.115 e. The molecule has 0 saturated carbocycles. The lowest BCUT2D eigenvalue weighted by Gasteiger charge is -2.23. The van der Waals surface area contributed by atoms with Gasteiger partial charge in [-0.3, -0.25) is 0 Å². The van der Waals surface area contributed by atoms with Gasteiger partial charge in [-0.25, -0.2) is 0 Å². The van der Waals surface area contributed by atoms with Crippen LogP contribution in [0, 0.1) is 0 Å². The maximum Gasteiger partial charge on any atom is 0.115 e. The highest BCUT2D eigenvalue weighted by Crippen LogP contribution is 2.31. The molecule has 0 bridgehead atoms. The Bertz CT molecular complexity index is 540. The molecule has 0 aliphatic heterocycles. The van der Waals surface area contributed by atoms with Gasteiger partial charge in [0.25, 0.3) is 0 Å². The fraction of sp³-hybridized carbons (Fsp3) is 0.143. The lowest BCUT2D eigenvalue weighted by molar-refractivity contribution is 0.475. The average Bonchev–Trinajstić information content (AvgIpc) is 2.38. The highest BCUT2D eigenvalue weighted by molar-refractivity contribution is 6.31. The molecule has 0 radical (unpaired) electrons. The van der Waals surface area contributed by atoms with Gasteiger partial charge in [-0.05, 0) is 36.4 Å². The van der Waals surface area contributed by atoms with Gasteiger partial charge in [0.05, 0.1) is 0 Å². The Balaban J connectivity index is 2.42. The minimum absolute atomic E-state index is 0.247. The predicted molar refractivity (Wildman–Crippen MR) is 75.5 cm³/mol. The Labute approximate surface area is 111 Å². The first-order chi connectivity index (χ1) is 8.63. The monoisotopic (exact) mass is 262 g/mol. The maximum absolute atomic E-state index is 9.29. The van der Waals surface area contributed by atoms with E-state index in [4.69, 9.17) is 17.3 Å². The summed E-state index contributed by atoms with van der Waals surface area (Å²) in [4.78, 5) is 1.99. The standard InChI is InChI=1S/C14H15ClN2O/c1-17(10-5-7-11(18)8-6-10)14-4-2-3-13(15)12(14)9-16/h2-8,18H,9,16H2,1H3. The second kappa shape index (κ2) is 5.29. The number of nitrogens with zero attached hydrogens (tertiary/aromatic N) is 1. The fourth-order valence-corrected chi connectivity index (χ4v) is 2.13. The number of anilines is 2. The van der Waals surface area contributed by atoms with Crippen LogP contribution in [0.5, 0.6) is 5.75 Å². The number of phenols is 1.